The van der Waals surface area contributed by atoms with E-state index in [1.54, 1.807) is 6.07 Å². The van der Waals surface area contributed by atoms with Crippen molar-refractivity contribution in [2.75, 3.05) is 5.32 Å². The van der Waals surface area contributed by atoms with Crippen molar-refractivity contribution < 1.29 is 5.11 Å². The molecule has 0 unspecified atom stereocenters. The molecule has 2 aromatic rings. The predicted molar refractivity (Wildman–Crippen MR) is 92.1 cm³/mol. The third-order valence-electron chi connectivity index (χ3n) is 3.75. The number of nitrogens with zero attached hydrogens (tertiary/aromatic N) is 2. The standard InChI is InChI=1S/C16H21Cl2N3O/c1-9-15(18)20-14(21(9)5)8-19-12-6-10(16(2,3)4)11(17)7-13(12)22/h6-7,19,22H,8H2,1-5H3. The van der Waals surface area contributed by atoms with Gasteiger partial charge >= 0.3 is 0 Å². The summed E-state index contributed by atoms with van der Waals surface area (Å²) in [5.74, 6) is 0.921. The van der Waals surface area contributed by atoms with Crippen LogP contribution in [0.15, 0.2) is 12.1 Å². The van der Waals surface area contributed by atoms with Crippen molar-refractivity contribution >= 4 is 28.9 Å². The normalized spacial score (nSPS) is 11.8. The Balaban J connectivity index is 2.28. The molecular weight excluding hydrogens is 321 g/mol. The summed E-state index contributed by atoms with van der Waals surface area (Å²) < 4.78 is 1.92. The number of anilines is 1. The monoisotopic (exact) mass is 341 g/mol. The molecule has 0 aliphatic carbocycles. The maximum Gasteiger partial charge on any atom is 0.150 e. The van der Waals surface area contributed by atoms with Gasteiger partial charge in [0.05, 0.1) is 17.9 Å². The zero-order valence-electron chi connectivity index (χ0n) is 13.5. The van der Waals surface area contributed by atoms with E-state index in [0.29, 0.717) is 22.4 Å². The summed E-state index contributed by atoms with van der Waals surface area (Å²) in [7, 11) is 1.91. The summed E-state index contributed by atoms with van der Waals surface area (Å²) >= 11 is 12.3. The van der Waals surface area contributed by atoms with Crippen LogP contribution in [0, 0.1) is 6.92 Å². The van der Waals surface area contributed by atoms with Crippen molar-refractivity contribution in [2.24, 2.45) is 7.05 Å². The van der Waals surface area contributed by atoms with Gasteiger partial charge in [0.2, 0.25) is 0 Å². The summed E-state index contributed by atoms with van der Waals surface area (Å²) in [6, 6.07) is 3.45. The number of benzene rings is 1. The zero-order chi connectivity index (χ0) is 16.7. The minimum Gasteiger partial charge on any atom is -0.506 e. The molecule has 0 fully saturated rings. The summed E-state index contributed by atoms with van der Waals surface area (Å²) in [6.07, 6.45) is 0. The Bertz CT molecular complexity index is 702. The second-order valence-electron chi connectivity index (χ2n) is 6.42. The van der Waals surface area contributed by atoms with Crippen LogP contribution in [0.1, 0.15) is 37.9 Å². The molecule has 6 heteroatoms. The number of phenols is 1. The second kappa shape index (κ2) is 6.01. The summed E-state index contributed by atoms with van der Waals surface area (Å²) in [4.78, 5) is 4.30. The molecule has 0 aliphatic heterocycles. The van der Waals surface area contributed by atoms with Crippen LogP contribution in [0.3, 0.4) is 0 Å². The van der Waals surface area contributed by atoms with E-state index < -0.39 is 0 Å². The first-order valence-corrected chi connectivity index (χ1v) is 7.81. The van der Waals surface area contributed by atoms with E-state index in [-0.39, 0.29) is 11.2 Å². The summed E-state index contributed by atoms with van der Waals surface area (Å²) in [5.41, 5.74) is 2.41. The van der Waals surface area contributed by atoms with E-state index >= 15 is 0 Å². The highest BCUT2D eigenvalue weighted by Gasteiger charge is 2.20. The van der Waals surface area contributed by atoms with Crippen LogP contribution in [-0.2, 0) is 19.0 Å². The van der Waals surface area contributed by atoms with E-state index in [4.69, 9.17) is 23.2 Å². The minimum atomic E-state index is -0.107. The van der Waals surface area contributed by atoms with Gasteiger partial charge in [0, 0.05) is 18.1 Å². The molecule has 0 bridgehead atoms. The Labute approximate surface area is 141 Å². The lowest BCUT2D eigenvalue weighted by atomic mass is 9.86. The molecular formula is C16H21Cl2N3O. The molecule has 1 aromatic carbocycles. The van der Waals surface area contributed by atoms with Crippen LogP contribution >= 0.6 is 23.2 Å². The molecule has 2 rings (SSSR count). The number of nitrogens with one attached hydrogen (secondary N) is 1. The van der Waals surface area contributed by atoms with Gasteiger partial charge in [0.1, 0.15) is 16.7 Å². The molecule has 0 aliphatic rings. The van der Waals surface area contributed by atoms with Gasteiger partial charge in [-0.15, -0.1) is 0 Å². The van der Waals surface area contributed by atoms with Crippen LogP contribution in [0.5, 0.6) is 5.75 Å². The Morgan fingerprint density at radius 3 is 2.41 bits per heavy atom. The molecule has 22 heavy (non-hydrogen) atoms. The highest BCUT2D eigenvalue weighted by atomic mass is 35.5. The van der Waals surface area contributed by atoms with Gasteiger partial charge < -0.3 is 15.0 Å². The third kappa shape index (κ3) is 3.33. The van der Waals surface area contributed by atoms with Crippen molar-refractivity contribution in [3.63, 3.8) is 0 Å². The first-order chi connectivity index (χ1) is 10.1. The van der Waals surface area contributed by atoms with Crippen molar-refractivity contribution in [1.82, 2.24) is 9.55 Å². The number of phenolic OH excluding ortho intramolecular Hbond substituents is 1. The van der Waals surface area contributed by atoms with E-state index in [0.717, 1.165) is 17.1 Å². The highest BCUT2D eigenvalue weighted by Crippen LogP contribution is 2.37. The maximum atomic E-state index is 10.1. The molecule has 1 aromatic heterocycles. The van der Waals surface area contributed by atoms with E-state index in [2.05, 4.69) is 31.1 Å². The molecule has 0 spiro atoms. The van der Waals surface area contributed by atoms with Gasteiger partial charge in [-0.05, 0) is 24.0 Å². The SMILES string of the molecule is Cc1c(Cl)nc(CNc2cc(C(C)(C)C)c(Cl)cc2O)n1C. The lowest BCUT2D eigenvalue weighted by molar-refractivity contribution is 0.476. The number of aromatic hydroxyl groups is 1. The molecule has 1 heterocycles. The number of hydrogen-bond acceptors (Lipinski definition) is 3. The fourth-order valence-corrected chi connectivity index (χ4v) is 2.88. The Morgan fingerprint density at radius 1 is 1.27 bits per heavy atom. The predicted octanol–water partition coefficient (Wildman–Crippen LogP) is 4.65. The number of rotatable bonds is 3. The summed E-state index contributed by atoms with van der Waals surface area (Å²) in [6.45, 7) is 8.61. The third-order valence-corrected chi connectivity index (χ3v) is 4.42. The largest absolute Gasteiger partial charge is 0.506 e. The summed E-state index contributed by atoms with van der Waals surface area (Å²) in [5, 5.41) is 14.3. The van der Waals surface area contributed by atoms with Crippen LogP contribution in [0.2, 0.25) is 10.2 Å². The van der Waals surface area contributed by atoms with Crippen LogP contribution in [-0.4, -0.2) is 14.7 Å². The quantitative estimate of drug-likeness (QED) is 0.798. The van der Waals surface area contributed by atoms with E-state index in [1.807, 2.05) is 24.6 Å². The van der Waals surface area contributed by atoms with Gasteiger partial charge in [-0.2, -0.15) is 0 Å². The smallest absolute Gasteiger partial charge is 0.150 e. The molecule has 0 radical (unpaired) electrons. The topological polar surface area (TPSA) is 50.1 Å². The molecule has 0 saturated carbocycles. The average molecular weight is 342 g/mol. The first kappa shape index (κ1) is 17.0. The van der Waals surface area contributed by atoms with E-state index in [9.17, 15) is 5.11 Å². The van der Waals surface area contributed by atoms with Crippen molar-refractivity contribution in [3.05, 3.63) is 39.4 Å². The van der Waals surface area contributed by atoms with Gasteiger partial charge in [-0.1, -0.05) is 44.0 Å². The van der Waals surface area contributed by atoms with Gasteiger partial charge in [0.25, 0.3) is 0 Å². The first-order valence-electron chi connectivity index (χ1n) is 7.06. The molecule has 0 atom stereocenters. The molecule has 4 nitrogen and oxygen atoms in total. The fraction of sp³-hybridized carbons (Fsp3) is 0.438. The molecule has 2 N–H and O–H groups in total. The lowest BCUT2D eigenvalue weighted by Crippen LogP contribution is -2.13. The van der Waals surface area contributed by atoms with Gasteiger partial charge in [-0.3, -0.25) is 0 Å². The number of hydrogen-bond donors (Lipinski definition) is 2. The van der Waals surface area contributed by atoms with E-state index in [1.165, 1.54) is 0 Å². The minimum absolute atomic E-state index is 0.107. The Kier molecular flexibility index (Phi) is 4.64. The number of aromatic nitrogens is 2. The number of halogens is 2. The zero-order valence-corrected chi connectivity index (χ0v) is 15.0. The molecule has 0 saturated heterocycles. The highest BCUT2D eigenvalue weighted by molar-refractivity contribution is 6.31. The molecule has 0 amide bonds. The van der Waals surface area contributed by atoms with Crippen molar-refractivity contribution in [2.45, 2.75) is 39.7 Å². The van der Waals surface area contributed by atoms with Crippen molar-refractivity contribution in [1.29, 1.82) is 0 Å². The maximum absolute atomic E-state index is 10.1. The van der Waals surface area contributed by atoms with Gasteiger partial charge in [-0.25, -0.2) is 4.98 Å². The second-order valence-corrected chi connectivity index (χ2v) is 7.18. The van der Waals surface area contributed by atoms with Crippen molar-refractivity contribution in [3.8, 4) is 5.75 Å². The average Bonchev–Trinajstić information content (AvgIpc) is 2.64. The Hall–Kier alpha value is -1.39. The molecule has 120 valence electrons. The number of imidazole rings is 1. The van der Waals surface area contributed by atoms with Crippen LogP contribution < -0.4 is 5.32 Å². The van der Waals surface area contributed by atoms with Crippen LogP contribution in [0.4, 0.5) is 5.69 Å². The Morgan fingerprint density at radius 2 is 1.91 bits per heavy atom. The lowest BCUT2D eigenvalue weighted by Gasteiger charge is -2.22. The van der Waals surface area contributed by atoms with Gasteiger partial charge in [0.15, 0.2) is 0 Å². The van der Waals surface area contributed by atoms with Crippen LogP contribution in [0.25, 0.3) is 0 Å². The fourth-order valence-electron chi connectivity index (χ4n) is 2.21.